The van der Waals surface area contributed by atoms with Crippen LogP contribution in [0.5, 0.6) is 0 Å². The Bertz CT molecular complexity index is 1360. The van der Waals surface area contributed by atoms with E-state index < -0.39 is 0 Å². The van der Waals surface area contributed by atoms with Gasteiger partial charge in [-0.05, 0) is 35.9 Å². The second-order valence-corrected chi connectivity index (χ2v) is 8.82. The number of fused-ring (bicyclic) bond motifs is 1. The maximum Gasteiger partial charge on any atom is 0.276 e. The predicted molar refractivity (Wildman–Crippen MR) is 138 cm³/mol. The number of benzene rings is 1. The maximum absolute atomic E-state index is 13.1. The number of pyridine rings is 2. The second kappa shape index (κ2) is 9.92. The number of aromatic nitrogens is 4. The summed E-state index contributed by atoms with van der Waals surface area (Å²) in [5, 5.41) is 10.9. The van der Waals surface area contributed by atoms with Crippen LogP contribution in [0.3, 0.4) is 0 Å². The molecule has 2 N–H and O–H groups in total. The Morgan fingerprint density at radius 1 is 0.861 bits per heavy atom. The molecular formula is C26H27N7O3. The monoisotopic (exact) mass is 485 g/mol. The number of carbonyl (C=O) groups is 1. The molecule has 36 heavy (non-hydrogen) atoms. The van der Waals surface area contributed by atoms with Crippen LogP contribution in [0.15, 0.2) is 55.0 Å². The number of ether oxygens (including phenoxy) is 2. The zero-order chi connectivity index (χ0) is 24.3. The fourth-order valence-corrected chi connectivity index (χ4v) is 4.58. The fraction of sp³-hybridized carbons (Fsp3) is 0.308. The van der Waals surface area contributed by atoms with Gasteiger partial charge in [0.05, 0.1) is 55.7 Å². The first kappa shape index (κ1) is 22.4. The van der Waals surface area contributed by atoms with Gasteiger partial charge in [0.25, 0.3) is 5.91 Å². The molecule has 6 rings (SSSR count). The standard InChI is InChI=1S/C26H27N7O3/c34-26(29-20-2-4-24(28-16-20)33-7-11-36-12-8-33)25-22-14-18(1-3-23(22)30-31-25)19-13-21(17-27-15-19)32-5-9-35-10-6-32/h1-4,13-17H,5-12H2,(H,29,34)(H,30,31). The fourth-order valence-electron chi connectivity index (χ4n) is 4.58. The van der Waals surface area contributed by atoms with Crippen LogP contribution in [0.25, 0.3) is 22.0 Å². The Hall–Kier alpha value is -4.02. The van der Waals surface area contributed by atoms with Gasteiger partial charge in [-0.1, -0.05) is 6.07 Å². The first-order valence-corrected chi connectivity index (χ1v) is 12.1. The molecule has 0 spiro atoms. The smallest absolute Gasteiger partial charge is 0.276 e. The third kappa shape index (κ3) is 4.60. The summed E-state index contributed by atoms with van der Waals surface area (Å²) in [6.45, 7) is 6.14. The minimum Gasteiger partial charge on any atom is -0.378 e. The molecule has 2 saturated heterocycles. The van der Waals surface area contributed by atoms with Crippen LogP contribution in [0.4, 0.5) is 17.2 Å². The second-order valence-electron chi connectivity index (χ2n) is 8.82. The number of nitrogens with one attached hydrogen (secondary N) is 2. The van der Waals surface area contributed by atoms with E-state index in [1.54, 1.807) is 6.20 Å². The van der Waals surface area contributed by atoms with Gasteiger partial charge in [-0.15, -0.1) is 0 Å². The van der Waals surface area contributed by atoms with Crippen molar-refractivity contribution in [3.8, 4) is 11.1 Å². The van der Waals surface area contributed by atoms with Gasteiger partial charge in [0.15, 0.2) is 5.69 Å². The molecule has 0 unspecified atom stereocenters. The number of hydrogen-bond donors (Lipinski definition) is 2. The third-order valence-corrected chi connectivity index (χ3v) is 6.55. The molecule has 2 aliphatic rings. The van der Waals surface area contributed by atoms with Crippen LogP contribution >= 0.6 is 0 Å². The zero-order valence-electron chi connectivity index (χ0n) is 19.8. The van der Waals surface area contributed by atoms with E-state index in [4.69, 9.17) is 9.47 Å². The van der Waals surface area contributed by atoms with Gasteiger partial charge >= 0.3 is 0 Å². The molecule has 0 radical (unpaired) electrons. The van der Waals surface area contributed by atoms with Gasteiger partial charge in [-0.2, -0.15) is 5.10 Å². The Morgan fingerprint density at radius 2 is 1.64 bits per heavy atom. The lowest BCUT2D eigenvalue weighted by atomic mass is 10.0. The first-order chi connectivity index (χ1) is 17.7. The van der Waals surface area contributed by atoms with E-state index in [2.05, 4.69) is 41.3 Å². The molecule has 3 aromatic heterocycles. The van der Waals surface area contributed by atoms with Crippen molar-refractivity contribution < 1.29 is 14.3 Å². The Balaban J connectivity index is 1.22. The molecule has 1 amide bonds. The normalized spacial score (nSPS) is 16.3. The molecule has 2 aliphatic heterocycles. The molecule has 0 saturated carbocycles. The van der Waals surface area contributed by atoms with E-state index in [0.29, 0.717) is 24.6 Å². The molecule has 10 nitrogen and oxygen atoms in total. The SMILES string of the molecule is O=C(Nc1ccc(N2CCOCC2)nc1)c1n[nH]c2ccc(-c3cncc(N4CCOCC4)c3)cc12. The number of aromatic amines is 1. The highest BCUT2D eigenvalue weighted by Crippen LogP contribution is 2.28. The van der Waals surface area contributed by atoms with Crippen LogP contribution in [0, 0.1) is 0 Å². The molecule has 1 aromatic carbocycles. The average Bonchev–Trinajstić information content (AvgIpc) is 3.38. The van der Waals surface area contributed by atoms with Crippen LogP contribution in [0.2, 0.25) is 0 Å². The molecule has 0 bridgehead atoms. The number of rotatable bonds is 5. The number of nitrogens with zero attached hydrogens (tertiary/aromatic N) is 5. The summed E-state index contributed by atoms with van der Waals surface area (Å²) in [5.41, 5.74) is 4.76. The van der Waals surface area contributed by atoms with Gasteiger partial charge < -0.3 is 24.6 Å². The number of morpholine rings is 2. The van der Waals surface area contributed by atoms with Crippen molar-refractivity contribution in [2.24, 2.45) is 0 Å². The molecule has 2 fully saturated rings. The van der Waals surface area contributed by atoms with E-state index in [-0.39, 0.29) is 5.91 Å². The van der Waals surface area contributed by atoms with E-state index in [1.807, 2.05) is 42.7 Å². The van der Waals surface area contributed by atoms with Gasteiger partial charge in [0, 0.05) is 43.3 Å². The van der Waals surface area contributed by atoms with E-state index >= 15 is 0 Å². The minimum absolute atomic E-state index is 0.292. The lowest BCUT2D eigenvalue weighted by Crippen LogP contribution is -2.36. The van der Waals surface area contributed by atoms with Crippen molar-refractivity contribution in [3.05, 3.63) is 60.7 Å². The first-order valence-electron chi connectivity index (χ1n) is 12.1. The quantitative estimate of drug-likeness (QED) is 0.444. The highest BCUT2D eigenvalue weighted by atomic mass is 16.5. The van der Waals surface area contributed by atoms with Crippen LogP contribution in [-0.2, 0) is 9.47 Å². The van der Waals surface area contributed by atoms with Crippen molar-refractivity contribution in [1.82, 2.24) is 20.2 Å². The Morgan fingerprint density at radius 3 is 2.39 bits per heavy atom. The van der Waals surface area contributed by atoms with Crippen molar-refractivity contribution in [2.45, 2.75) is 0 Å². The molecule has 0 aliphatic carbocycles. The number of amides is 1. The van der Waals surface area contributed by atoms with Gasteiger partial charge in [0.1, 0.15) is 5.82 Å². The number of carbonyl (C=O) groups excluding carboxylic acids is 1. The summed E-state index contributed by atoms with van der Waals surface area (Å²) in [7, 11) is 0. The van der Waals surface area contributed by atoms with E-state index in [1.165, 1.54) is 0 Å². The lowest BCUT2D eigenvalue weighted by molar-refractivity contribution is 0.102. The average molecular weight is 486 g/mol. The number of H-pyrrole nitrogens is 1. The zero-order valence-corrected chi connectivity index (χ0v) is 19.8. The lowest BCUT2D eigenvalue weighted by Gasteiger charge is -2.28. The van der Waals surface area contributed by atoms with Crippen LogP contribution in [0.1, 0.15) is 10.5 Å². The molecule has 4 aromatic rings. The Kier molecular flexibility index (Phi) is 6.18. The van der Waals surface area contributed by atoms with E-state index in [9.17, 15) is 4.79 Å². The Labute approximate surface area is 208 Å². The molecule has 5 heterocycles. The van der Waals surface area contributed by atoms with Crippen LogP contribution in [-0.4, -0.2) is 78.7 Å². The summed E-state index contributed by atoms with van der Waals surface area (Å²) in [5.74, 6) is 0.582. The molecular weight excluding hydrogens is 458 g/mol. The summed E-state index contributed by atoms with van der Waals surface area (Å²) in [6.07, 6.45) is 5.39. The summed E-state index contributed by atoms with van der Waals surface area (Å²) in [6, 6.07) is 11.8. The highest BCUT2D eigenvalue weighted by molar-refractivity contribution is 6.11. The molecule has 184 valence electrons. The van der Waals surface area contributed by atoms with E-state index in [0.717, 1.165) is 72.9 Å². The van der Waals surface area contributed by atoms with Gasteiger partial charge in [-0.3, -0.25) is 14.9 Å². The van der Waals surface area contributed by atoms with Gasteiger partial charge in [0.2, 0.25) is 0 Å². The van der Waals surface area contributed by atoms with Gasteiger partial charge in [-0.25, -0.2) is 4.98 Å². The van der Waals surface area contributed by atoms with Crippen molar-refractivity contribution in [2.75, 3.05) is 67.7 Å². The van der Waals surface area contributed by atoms with Crippen molar-refractivity contribution in [3.63, 3.8) is 0 Å². The number of hydrogen-bond acceptors (Lipinski definition) is 8. The predicted octanol–water partition coefficient (Wildman–Crippen LogP) is 2.95. The highest BCUT2D eigenvalue weighted by Gasteiger charge is 2.18. The molecule has 0 atom stereocenters. The third-order valence-electron chi connectivity index (χ3n) is 6.55. The summed E-state index contributed by atoms with van der Waals surface area (Å²) >= 11 is 0. The molecule has 10 heteroatoms. The van der Waals surface area contributed by atoms with Crippen molar-refractivity contribution in [1.29, 1.82) is 0 Å². The van der Waals surface area contributed by atoms with Crippen molar-refractivity contribution >= 4 is 34.0 Å². The number of anilines is 3. The summed E-state index contributed by atoms with van der Waals surface area (Å²) in [4.78, 5) is 26.5. The van der Waals surface area contributed by atoms with Crippen LogP contribution < -0.4 is 15.1 Å². The largest absolute Gasteiger partial charge is 0.378 e. The summed E-state index contributed by atoms with van der Waals surface area (Å²) < 4.78 is 10.9. The minimum atomic E-state index is -0.292. The topological polar surface area (TPSA) is 109 Å². The maximum atomic E-state index is 13.1.